The molecule has 0 radical (unpaired) electrons. The minimum atomic E-state index is -4.71. The molecule has 0 aliphatic rings. The number of carbonyl (C=O) groups is 1. The number of aryl methyl sites for hydroxylation is 1. The molecule has 3 aromatic rings. The van der Waals surface area contributed by atoms with Gasteiger partial charge in [-0.15, -0.1) is 10.2 Å². The summed E-state index contributed by atoms with van der Waals surface area (Å²) in [5.74, 6) is -0.354. The van der Waals surface area contributed by atoms with Crippen LogP contribution in [0.2, 0.25) is 0 Å². The number of imidazole rings is 1. The molecule has 0 spiro atoms. The minimum Gasteiger partial charge on any atom is -0.309 e. The quantitative estimate of drug-likeness (QED) is 0.582. The second-order valence-corrected chi connectivity index (χ2v) is 8.27. The van der Waals surface area contributed by atoms with Crippen LogP contribution in [-0.4, -0.2) is 44.1 Å². The first-order valence-electron chi connectivity index (χ1n) is 7.66. The molecule has 148 valence electrons. The first-order valence-corrected chi connectivity index (χ1v) is 9.69. The SMILES string of the molecule is CCS(=O)(=O)c1cc(C(=O)Cl)cnc1-c1nc2cc(C(F)(F)F)nnc2n1C. The smallest absolute Gasteiger partial charge is 0.309 e. The van der Waals surface area contributed by atoms with Gasteiger partial charge in [-0.05, 0) is 17.7 Å². The van der Waals surface area contributed by atoms with Crippen LogP contribution in [0.3, 0.4) is 0 Å². The van der Waals surface area contributed by atoms with Gasteiger partial charge in [-0.3, -0.25) is 9.78 Å². The molecule has 0 saturated heterocycles. The molecule has 0 atom stereocenters. The number of carbonyl (C=O) groups excluding carboxylic acids is 1. The van der Waals surface area contributed by atoms with Crippen molar-refractivity contribution < 1.29 is 26.4 Å². The maximum absolute atomic E-state index is 12.9. The minimum absolute atomic E-state index is 0.00198. The largest absolute Gasteiger partial charge is 0.435 e. The van der Waals surface area contributed by atoms with Gasteiger partial charge in [0.2, 0.25) is 0 Å². The highest BCUT2D eigenvalue weighted by atomic mass is 35.5. The number of aromatic nitrogens is 5. The van der Waals surface area contributed by atoms with Crippen molar-refractivity contribution in [2.45, 2.75) is 18.0 Å². The van der Waals surface area contributed by atoms with Gasteiger partial charge in [0.25, 0.3) is 5.24 Å². The van der Waals surface area contributed by atoms with Gasteiger partial charge in [0.05, 0.1) is 16.2 Å². The molecule has 0 aliphatic heterocycles. The fraction of sp³-hybridized carbons (Fsp3) is 0.267. The second kappa shape index (κ2) is 6.78. The van der Waals surface area contributed by atoms with Crippen LogP contribution in [0, 0.1) is 0 Å². The van der Waals surface area contributed by atoms with E-state index in [1.54, 1.807) is 0 Å². The highest BCUT2D eigenvalue weighted by Crippen LogP contribution is 2.31. The van der Waals surface area contributed by atoms with E-state index in [-0.39, 0.29) is 38.9 Å². The van der Waals surface area contributed by atoms with E-state index < -0.39 is 26.9 Å². The third-order valence-electron chi connectivity index (χ3n) is 3.91. The van der Waals surface area contributed by atoms with Crippen molar-refractivity contribution in [2.75, 3.05) is 5.75 Å². The van der Waals surface area contributed by atoms with Crippen LogP contribution in [0.15, 0.2) is 23.2 Å². The van der Waals surface area contributed by atoms with Crippen molar-refractivity contribution in [2.24, 2.45) is 7.05 Å². The highest BCUT2D eigenvalue weighted by molar-refractivity contribution is 7.91. The Kier molecular flexibility index (Phi) is 4.88. The molecule has 3 aromatic heterocycles. The first-order chi connectivity index (χ1) is 13.0. The Balaban J connectivity index is 2.30. The number of pyridine rings is 1. The first kappa shape index (κ1) is 20.1. The van der Waals surface area contributed by atoms with Gasteiger partial charge in [0, 0.05) is 19.3 Å². The lowest BCUT2D eigenvalue weighted by Crippen LogP contribution is -2.10. The van der Waals surface area contributed by atoms with Crippen LogP contribution in [0.4, 0.5) is 13.2 Å². The lowest BCUT2D eigenvalue weighted by Gasteiger charge is -2.09. The zero-order chi connectivity index (χ0) is 20.9. The zero-order valence-corrected chi connectivity index (χ0v) is 15.9. The molecular formula is C15H11ClF3N5O3S. The van der Waals surface area contributed by atoms with E-state index >= 15 is 0 Å². The van der Waals surface area contributed by atoms with Crippen molar-refractivity contribution in [3.63, 3.8) is 0 Å². The summed E-state index contributed by atoms with van der Waals surface area (Å²) in [6, 6.07) is 1.76. The van der Waals surface area contributed by atoms with Crippen LogP contribution in [0.25, 0.3) is 22.7 Å². The number of sulfone groups is 1. The third kappa shape index (κ3) is 3.44. The predicted molar refractivity (Wildman–Crippen MR) is 92.4 cm³/mol. The van der Waals surface area contributed by atoms with Crippen LogP contribution >= 0.6 is 11.6 Å². The molecule has 0 N–H and O–H groups in total. The number of fused-ring (bicyclic) bond motifs is 1. The highest BCUT2D eigenvalue weighted by Gasteiger charge is 2.34. The van der Waals surface area contributed by atoms with Crippen molar-refractivity contribution >= 4 is 37.8 Å². The Bertz CT molecular complexity index is 1210. The molecule has 3 heterocycles. The Labute approximate surface area is 161 Å². The Morgan fingerprint density at radius 1 is 1.25 bits per heavy atom. The number of hydrogen-bond donors (Lipinski definition) is 0. The molecule has 0 amide bonds. The van der Waals surface area contributed by atoms with Crippen LogP contribution < -0.4 is 0 Å². The van der Waals surface area contributed by atoms with Crippen molar-refractivity contribution in [3.8, 4) is 11.5 Å². The molecule has 0 aliphatic carbocycles. The Morgan fingerprint density at radius 2 is 1.93 bits per heavy atom. The van der Waals surface area contributed by atoms with Gasteiger partial charge in [-0.1, -0.05) is 6.92 Å². The summed E-state index contributed by atoms with van der Waals surface area (Å²) >= 11 is 5.40. The van der Waals surface area contributed by atoms with E-state index in [0.717, 1.165) is 12.3 Å². The number of alkyl halides is 3. The molecule has 0 fully saturated rings. The van der Waals surface area contributed by atoms with Crippen LogP contribution in [-0.2, 0) is 23.1 Å². The number of halogens is 4. The summed E-state index contributed by atoms with van der Waals surface area (Å²) in [6.07, 6.45) is -3.65. The van der Waals surface area contributed by atoms with Crippen LogP contribution in [0.1, 0.15) is 23.0 Å². The van der Waals surface area contributed by atoms with Gasteiger partial charge in [-0.25, -0.2) is 13.4 Å². The van der Waals surface area contributed by atoms with Gasteiger partial charge >= 0.3 is 6.18 Å². The number of hydrogen-bond acceptors (Lipinski definition) is 7. The lowest BCUT2D eigenvalue weighted by molar-refractivity contribution is -0.141. The molecule has 13 heteroatoms. The standard InChI is InChI=1S/C15H11ClF3N5O3S/c1-3-28(26,27)9-4-7(12(16)25)6-20-11(9)14-21-8-5-10(15(17,18)19)22-23-13(8)24(14)2/h4-6H,3H2,1-2H3. The summed E-state index contributed by atoms with van der Waals surface area (Å²) in [6.45, 7) is 1.39. The molecule has 0 bridgehead atoms. The van der Waals surface area contributed by atoms with Gasteiger partial charge in [0.15, 0.2) is 27.0 Å². The monoisotopic (exact) mass is 433 g/mol. The molecular weight excluding hydrogens is 423 g/mol. The van der Waals surface area contributed by atoms with E-state index in [1.165, 1.54) is 18.5 Å². The topological polar surface area (TPSA) is 108 Å². The lowest BCUT2D eigenvalue weighted by atomic mass is 10.2. The summed E-state index contributed by atoms with van der Waals surface area (Å²) < 4.78 is 64.8. The fourth-order valence-electron chi connectivity index (χ4n) is 2.45. The van der Waals surface area contributed by atoms with E-state index in [2.05, 4.69) is 20.2 Å². The zero-order valence-electron chi connectivity index (χ0n) is 14.3. The summed E-state index contributed by atoms with van der Waals surface area (Å²) in [5.41, 5.74) is -1.66. The second-order valence-electron chi connectivity index (χ2n) is 5.68. The fourth-order valence-corrected chi connectivity index (χ4v) is 3.61. The van der Waals surface area contributed by atoms with Gasteiger partial charge in [-0.2, -0.15) is 13.2 Å². The molecule has 8 nitrogen and oxygen atoms in total. The molecule has 0 unspecified atom stereocenters. The summed E-state index contributed by atoms with van der Waals surface area (Å²) in [7, 11) is -2.43. The van der Waals surface area contributed by atoms with Crippen LogP contribution in [0.5, 0.6) is 0 Å². The third-order valence-corrected chi connectivity index (χ3v) is 5.87. The summed E-state index contributed by atoms with van der Waals surface area (Å²) in [4.78, 5) is 19.1. The van der Waals surface area contributed by atoms with Crippen molar-refractivity contribution in [1.82, 2.24) is 24.7 Å². The van der Waals surface area contributed by atoms with E-state index in [9.17, 15) is 26.4 Å². The molecule has 0 saturated carbocycles. The van der Waals surface area contributed by atoms with E-state index in [1.807, 2.05) is 0 Å². The predicted octanol–water partition coefficient (Wildman–Crippen LogP) is 2.62. The van der Waals surface area contributed by atoms with Crippen molar-refractivity contribution in [3.05, 3.63) is 29.6 Å². The Hall–Kier alpha value is -2.60. The van der Waals surface area contributed by atoms with E-state index in [0.29, 0.717) is 6.07 Å². The molecule has 3 rings (SSSR count). The van der Waals surface area contributed by atoms with Crippen molar-refractivity contribution in [1.29, 1.82) is 0 Å². The normalized spacial score (nSPS) is 12.5. The van der Waals surface area contributed by atoms with Gasteiger partial charge in [0.1, 0.15) is 11.2 Å². The van der Waals surface area contributed by atoms with E-state index in [4.69, 9.17) is 11.6 Å². The average Bonchev–Trinajstić information content (AvgIpc) is 2.96. The maximum Gasteiger partial charge on any atom is 0.435 e. The molecule has 28 heavy (non-hydrogen) atoms. The average molecular weight is 434 g/mol. The van der Waals surface area contributed by atoms with Gasteiger partial charge < -0.3 is 4.57 Å². The molecule has 0 aromatic carbocycles. The maximum atomic E-state index is 12.9. The Morgan fingerprint density at radius 3 is 2.50 bits per heavy atom. The number of rotatable bonds is 4. The number of nitrogens with zero attached hydrogens (tertiary/aromatic N) is 5. The summed E-state index contributed by atoms with van der Waals surface area (Å²) in [5, 5.41) is 5.76.